The van der Waals surface area contributed by atoms with Crippen LogP contribution in [0.4, 0.5) is 0 Å². The van der Waals surface area contributed by atoms with Gasteiger partial charge in [-0.3, -0.25) is 4.79 Å². The molecular formula is C21H19N3O2. The van der Waals surface area contributed by atoms with Crippen LogP contribution < -0.4 is 5.56 Å². The van der Waals surface area contributed by atoms with Crippen LogP contribution in [0.3, 0.4) is 0 Å². The number of hydrogen-bond acceptors (Lipinski definition) is 3. The predicted molar refractivity (Wildman–Crippen MR) is 101 cm³/mol. The number of aromatic hydroxyl groups is 1. The lowest BCUT2D eigenvalue weighted by atomic mass is 10.1. The zero-order valence-corrected chi connectivity index (χ0v) is 14.2. The molecule has 0 radical (unpaired) electrons. The molecule has 26 heavy (non-hydrogen) atoms. The van der Waals surface area contributed by atoms with E-state index >= 15 is 0 Å². The van der Waals surface area contributed by atoms with Crippen LogP contribution >= 0.6 is 0 Å². The Morgan fingerprint density at radius 3 is 2.58 bits per heavy atom. The number of aromatic nitrogens is 3. The van der Waals surface area contributed by atoms with Gasteiger partial charge in [0.2, 0.25) is 5.88 Å². The molecule has 5 heteroatoms. The minimum absolute atomic E-state index is 0.113. The summed E-state index contributed by atoms with van der Waals surface area (Å²) in [5, 5.41) is 11.4. The summed E-state index contributed by atoms with van der Waals surface area (Å²) >= 11 is 0. The van der Waals surface area contributed by atoms with Gasteiger partial charge in [0.05, 0.1) is 5.69 Å². The smallest absolute Gasteiger partial charge is 0.270 e. The van der Waals surface area contributed by atoms with E-state index in [0.29, 0.717) is 30.7 Å². The fraction of sp³-hybridized carbons (Fsp3) is 0.143. The Labute approximate surface area is 150 Å². The Hall–Kier alpha value is -3.34. The maximum Gasteiger partial charge on any atom is 0.270 e. The average molecular weight is 345 g/mol. The molecule has 0 amide bonds. The van der Waals surface area contributed by atoms with Crippen LogP contribution in [0, 0.1) is 0 Å². The van der Waals surface area contributed by atoms with Gasteiger partial charge >= 0.3 is 0 Å². The summed E-state index contributed by atoms with van der Waals surface area (Å²) < 4.78 is 0. The molecule has 0 bridgehead atoms. The topological polar surface area (TPSA) is 81.8 Å². The minimum atomic E-state index is -0.242. The van der Waals surface area contributed by atoms with Crippen LogP contribution in [0.5, 0.6) is 5.88 Å². The highest BCUT2D eigenvalue weighted by Gasteiger charge is 2.12. The standard InChI is InChI=1S/C21H19N3O2/c25-20-18(11-10-14-6-2-1-3-7-14)23-21(26)19(24-20)12-15-13-22-17-9-5-4-8-16(15)17/h1-9,13,22H,10-12H2,(H,23,26)(H,24,25). The van der Waals surface area contributed by atoms with Gasteiger partial charge in [-0.05, 0) is 30.0 Å². The van der Waals surface area contributed by atoms with Crippen molar-refractivity contribution in [3.8, 4) is 5.88 Å². The van der Waals surface area contributed by atoms with Gasteiger partial charge in [0.15, 0.2) is 0 Å². The van der Waals surface area contributed by atoms with Gasteiger partial charge in [-0.2, -0.15) is 0 Å². The lowest BCUT2D eigenvalue weighted by molar-refractivity contribution is 0.439. The summed E-state index contributed by atoms with van der Waals surface area (Å²) in [6.45, 7) is 0. The Morgan fingerprint density at radius 1 is 0.962 bits per heavy atom. The molecule has 0 atom stereocenters. The lowest BCUT2D eigenvalue weighted by Gasteiger charge is -2.06. The van der Waals surface area contributed by atoms with Crippen molar-refractivity contribution in [2.75, 3.05) is 0 Å². The Bertz CT molecular complexity index is 1100. The van der Waals surface area contributed by atoms with Gasteiger partial charge in [-0.15, -0.1) is 0 Å². The van der Waals surface area contributed by atoms with E-state index in [0.717, 1.165) is 22.0 Å². The Balaban J connectivity index is 1.57. The first-order valence-corrected chi connectivity index (χ1v) is 8.60. The fourth-order valence-electron chi connectivity index (χ4n) is 3.18. The maximum absolute atomic E-state index is 12.4. The number of benzene rings is 2. The number of H-pyrrole nitrogens is 2. The van der Waals surface area contributed by atoms with Crippen molar-refractivity contribution in [1.29, 1.82) is 0 Å². The number of nitrogens with one attached hydrogen (secondary N) is 2. The molecule has 0 fully saturated rings. The van der Waals surface area contributed by atoms with Gasteiger partial charge < -0.3 is 15.1 Å². The molecule has 4 aromatic rings. The molecule has 0 aliphatic carbocycles. The number of hydrogen-bond donors (Lipinski definition) is 3. The first-order valence-electron chi connectivity index (χ1n) is 8.60. The molecule has 5 nitrogen and oxygen atoms in total. The number of nitrogens with zero attached hydrogens (tertiary/aromatic N) is 1. The summed E-state index contributed by atoms with van der Waals surface area (Å²) in [6.07, 6.45) is 3.50. The second kappa shape index (κ2) is 6.88. The van der Waals surface area contributed by atoms with Gasteiger partial charge in [-0.25, -0.2) is 4.98 Å². The van der Waals surface area contributed by atoms with Gasteiger partial charge in [0.1, 0.15) is 5.69 Å². The van der Waals surface area contributed by atoms with E-state index < -0.39 is 0 Å². The molecule has 4 rings (SSSR count). The van der Waals surface area contributed by atoms with E-state index in [9.17, 15) is 9.90 Å². The van der Waals surface area contributed by atoms with Gasteiger partial charge in [0, 0.05) is 23.5 Å². The molecule has 2 heterocycles. The summed E-state index contributed by atoms with van der Waals surface area (Å²) in [5.74, 6) is -0.113. The number of aromatic amines is 2. The van der Waals surface area contributed by atoms with Crippen molar-refractivity contribution >= 4 is 10.9 Å². The fourth-order valence-corrected chi connectivity index (χ4v) is 3.18. The predicted octanol–water partition coefficient (Wildman–Crippen LogP) is 3.33. The zero-order valence-electron chi connectivity index (χ0n) is 14.2. The first-order chi connectivity index (χ1) is 12.7. The lowest BCUT2D eigenvalue weighted by Crippen LogP contribution is -2.18. The third kappa shape index (κ3) is 3.24. The molecule has 0 saturated heterocycles. The second-order valence-corrected chi connectivity index (χ2v) is 6.34. The number of fused-ring (bicyclic) bond motifs is 1. The highest BCUT2D eigenvalue weighted by atomic mass is 16.3. The van der Waals surface area contributed by atoms with Crippen LogP contribution in [-0.2, 0) is 19.3 Å². The Morgan fingerprint density at radius 2 is 1.73 bits per heavy atom. The molecule has 0 aliphatic heterocycles. The van der Waals surface area contributed by atoms with Crippen LogP contribution in [0.1, 0.15) is 22.5 Å². The molecule has 0 spiro atoms. The summed E-state index contributed by atoms with van der Waals surface area (Å²) in [7, 11) is 0. The first kappa shape index (κ1) is 16.1. The van der Waals surface area contributed by atoms with E-state index in [1.807, 2.05) is 60.8 Å². The van der Waals surface area contributed by atoms with Gasteiger partial charge in [-0.1, -0.05) is 48.5 Å². The molecular weight excluding hydrogens is 326 g/mol. The van der Waals surface area contributed by atoms with E-state index in [1.165, 1.54) is 0 Å². The average Bonchev–Trinajstić information content (AvgIpc) is 3.07. The van der Waals surface area contributed by atoms with Crippen molar-refractivity contribution in [2.45, 2.75) is 19.3 Å². The van der Waals surface area contributed by atoms with Crippen molar-refractivity contribution in [2.24, 2.45) is 0 Å². The third-order valence-corrected chi connectivity index (χ3v) is 4.57. The van der Waals surface area contributed by atoms with Crippen molar-refractivity contribution in [3.63, 3.8) is 0 Å². The number of rotatable bonds is 5. The van der Waals surface area contributed by atoms with Crippen molar-refractivity contribution in [1.82, 2.24) is 15.0 Å². The highest BCUT2D eigenvalue weighted by Crippen LogP contribution is 2.22. The normalized spacial score (nSPS) is 11.1. The molecule has 2 aromatic carbocycles. The molecule has 3 N–H and O–H groups in total. The largest absolute Gasteiger partial charge is 0.492 e. The van der Waals surface area contributed by atoms with E-state index in [-0.39, 0.29) is 11.4 Å². The monoisotopic (exact) mass is 345 g/mol. The summed E-state index contributed by atoms with van der Waals surface area (Å²) in [6, 6.07) is 17.9. The molecule has 0 unspecified atom stereocenters. The van der Waals surface area contributed by atoms with Crippen LogP contribution in [-0.4, -0.2) is 20.1 Å². The highest BCUT2D eigenvalue weighted by molar-refractivity contribution is 5.83. The second-order valence-electron chi connectivity index (χ2n) is 6.34. The van der Waals surface area contributed by atoms with Crippen LogP contribution in [0.25, 0.3) is 10.9 Å². The van der Waals surface area contributed by atoms with Crippen molar-refractivity contribution in [3.05, 3.63) is 93.7 Å². The minimum Gasteiger partial charge on any atom is -0.492 e. The summed E-state index contributed by atoms with van der Waals surface area (Å²) in [4.78, 5) is 22.5. The van der Waals surface area contributed by atoms with E-state index in [2.05, 4.69) is 15.0 Å². The van der Waals surface area contributed by atoms with Crippen LogP contribution in [0.15, 0.2) is 65.6 Å². The molecule has 2 aromatic heterocycles. The molecule has 0 saturated carbocycles. The van der Waals surface area contributed by atoms with Crippen LogP contribution in [0.2, 0.25) is 0 Å². The molecule has 0 aliphatic rings. The third-order valence-electron chi connectivity index (χ3n) is 4.57. The van der Waals surface area contributed by atoms with Gasteiger partial charge in [0.25, 0.3) is 5.56 Å². The zero-order chi connectivity index (χ0) is 17.9. The molecule has 130 valence electrons. The number of para-hydroxylation sites is 1. The SMILES string of the molecule is O=c1[nH]c(Cc2c[nH]c3ccccc23)c(O)nc1CCc1ccccc1. The maximum atomic E-state index is 12.4. The van der Waals surface area contributed by atoms with Crippen molar-refractivity contribution < 1.29 is 5.11 Å². The summed E-state index contributed by atoms with van der Waals surface area (Å²) in [5.41, 5.74) is 3.71. The number of aryl methyl sites for hydroxylation is 2. The quantitative estimate of drug-likeness (QED) is 0.519. The van der Waals surface area contributed by atoms with E-state index in [1.54, 1.807) is 0 Å². The Kier molecular flexibility index (Phi) is 4.27. The van der Waals surface area contributed by atoms with E-state index in [4.69, 9.17) is 0 Å².